The van der Waals surface area contributed by atoms with Gasteiger partial charge in [-0.05, 0) is 83.4 Å². The molecule has 44 heavy (non-hydrogen) atoms. The molecule has 4 unspecified atom stereocenters. The quantitative estimate of drug-likeness (QED) is 0.211. The summed E-state index contributed by atoms with van der Waals surface area (Å²) in [6.07, 6.45) is 8.28. The molecule has 0 aliphatic heterocycles. The van der Waals surface area contributed by atoms with Crippen molar-refractivity contribution in [2.45, 2.75) is 123 Å². The number of rotatable bonds is 4. The van der Waals surface area contributed by atoms with Crippen LogP contribution in [0.3, 0.4) is 0 Å². The molecule has 4 aromatic rings. The zero-order valence-corrected chi connectivity index (χ0v) is 29.7. The summed E-state index contributed by atoms with van der Waals surface area (Å²) >= 11 is 0. The Morgan fingerprint density at radius 2 is 1.23 bits per heavy atom. The van der Waals surface area contributed by atoms with Crippen molar-refractivity contribution >= 4 is 0 Å². The van der Waals surface area contributed by atoms with Gasteiger partial charge < -0.3 is 20.4 Å². The average molecular weight is 772 g/mol. The summed E-state index contributed by atoms with van der Waals surface area (Å²) in [5, 5.41) is 18.1. The van der Waals surface area contributed by atoms with Gasteiger partial charge in [0.2, 0.25) is 0 Å². The molecule has 8 nitrogen and oxygen atoms in total. The van der Waals surface area contributed by atoms with E-state index in [4.69, 9.17) is 0 Å². The van der Waals surface area contributed by atoms with Gasteiger partial charge in [0.25, 0.3) is 0 Å². The first-order valence-electron chi connectivity index (χ1n) is 16.1. The molecule has 234 valence electrons. The molecular formula is C35H44N8Pt. The molecule has 4 heterocycles. The second-order valence-corrected chi connectivity index (χ2v) is 15.3. The number of fused-ring (bicyclic) bond motifs is 10. The van der Waals surface area contributed by atoms with Crippen molar-refractivity contribution in [3.8, 4) is 22.8 Å². The van der Waals surface area contributed by atoms with E-state index in [0.717, 1.165) is 34.2 Å². The van der Waals surface area contributed by atoms with Gasteiger partial charge in [0.1, 0.15) is 12.7 Å². The van der Waals surface area contributed by atoms with Crippen molar-refractivity contribution in [3.05, 3.63) is 58.7 Å². The van der Waals surface area contributed by atoms with E-state index in [9.17, 15) is 0 Å². The molecule has 2 saturated carbocycles. The van der Waals surface area contributed by atoms with Crippen LogP contribution in [0.25, 0.3) is 22.8 Å². The Labute approximate surface area is 275 Å². The molecule has 4 atom stereocenters. The van der Waals surface area contributed by atoms with E-state index in [-0.39, 0.29) is 31.9 Å². The van der Waals surface area contributed by atoms with Gasteiger partial charge in [0, 0.05) is 34.1 Å². The van der Waals surface area contributed by atoms with Gasteiger partial charge >= 0.3 is 21.1 Å². The largest absolute Gasteiger partial charge is 2.00 e. The predicted molar refractivity (Wildman–Crippen MR) is 167 cm³/mol. The van der Waals surface area contributed by atoms with Crippen LogP contribution < -0.4 is 10.2 Å². The van der Waals surface area contributed by atoms with Crippen molar-refractivity contribution in [1.29, 1.82) is 0 Å². The van der Waals surface area contributed by atoms with Crippen LogP contribution in [0.4, 0.5) is 0 Å². The van der Waals surface area contributed by atoms with Gasteiger partial charge in [0.15, 0.2) is 0 Å². The molecule has 4 aliphatic carbocycles. The van der Waals surface area contributed by atoms with E-state index in [1.807, 2.05) is 0 Å². The van der Waals surface area contributed by atoms with Crippen molar-refractivity contribution < 1.29 is 21.1 Å². The van der Waals surface area contributed by atoms with Crippen LogP contribution in [0.15, 0.2) is 24.8 Å². The first-order valence-corrected chi connectivity index (χ1v) is 16.1. The Hall–Kier alpha value is -2.73. The van der Waals surface area contributed by atoms with E-state index in [1.165, 1.54) is 48.2 Å². The Bertz CT molecular complexity index is 1700. The van der Waals surface area contributed by atoms with Crippen LogP contribution in [-0.2, 0) is 26.5 Å². The van der Waals surface area contributed by atoms with E-state index in [1.54, 1.807) is 12.7 Å². The fourth-order valence-electron chi connectivity index (χ4n) is 8.76. The fraction of sp³-hybridized carbons (Fsp3) is 0.600. The second kappa shape index (κ2) is 10.7. The van der Waals surface area contributed by atoms with Crippen molar-refractivity contribution in [3.63, 3.8) is 0 Å². The summed E-state index contributed by atoms with van der Waals surface area (Å²) < 4.78 is 0. The zero-order chi connectivity index (χ0) is 30.5. The monoisotopic (exact) mass is 771 g/mol. The Morgan fingerprint density at radius 3 is 1.82 bits per heavy atom. The van der Waals surface area contributed by atoms with Crippen LogP contribution in [0, 0.1) is 10.8 Å². The first kappa shape index (κ1) is 31.3. The maximum absolute atomic E-state index is 4.59. The van der Waals surface area contributed by atoms with Crippen LogP contribution in [0.5, 0.6) is 0 Å². The van der Waals surface area contributed by atoms with Gasteiger partial charge in [0.05, 0.1) is 11.4 Å². The molecule has 0 amide bonds. The topological polar surface area (TPSA) is 106 Å². The van der Waals surface area contributed by atoms with Gasteiger partial charge in [-0.1, -0.05) is 73.7 Å². The molecule has 4 aliphatic rings. The third kappa shape index (κ3) is 4.33. The minimum atomic E-state index is 0. The van der Waals surface area contributed by atoms with E-state index < -0.39 is 0 Å². The Morgan fingerprint density at radius 1 is 0.682 bits per heavy atom. The summed E-state index contributed by atoms with van der Waals surface area (Å²) in [5.74, 6) is 2.50. The predicted octanol–water partition coefficient (Wildman–Crippen LogP) is 7.41. The molecular weight excluding hydrogens is 728 g/mol. The SMILES string of the molecule is CC(C)c1cc(-c2[n-]nc3c2C2CCC3(C)C2(C)C)ncn1.CC(C)c1cc(-c2[n-]nc3c2C2CCC3C2(C)C)ncn1.[Pt+2]. The molecule has 0 N–H and O–H groups in total. The van der Waals surface area contributed by atoms with Gasteiger partial charge in [-0.2, -0.15) is 0 Å². The fourth-order valence-corrected chi connectivity index (χ4v) is 8.76. The third-order valence-corrected chi connectivity index (χ3v) is 11.9. The third-order valence-electron chi connectivity index (χ3n) is 11.9. The molecule has 0 radical (unpaired) electrons. The second-order valence-electron chi connectivity index (χ2n) is 15.3. The zero-order valence-electron chi connectivity index (χ0n) is 27.4. The normalized spacial score (nSPS) is 26.4. The van der Waals surface area contributed by atoms with E-state index in [0.29, 0.717) is 35.0 Å². The summed E-state index contributed by atoms with van der Waals surface area (Å²) in [6.45, 7) is 20.5. The van der Waals surface area contributed by atoms with Gasteiger partial charge in [-0.15, -0.1) is 0 Å². The Balaban J connectivity index is 0.000000153. The molecule has 4 bridgehead atoms. The summed E-state index contributed by atoms with van der Waals surface area (Å²) in [4.78, 5) is 17.7. The molecule has 2 fully saturated rings. The molecule has 0 aromatic carbocycles. The number of hydrogen-bond acceptors (Lipinski definition) is 6. The van der Waals surface area contributed by atoms with E-state index >= 15 is 0 Å². The summed E-state index contributed by atoms with van der Waals surface area (Å²) in [6, 6.07) is 4.16. The number of aromatic nitrogens is 8. The van der Waals surface area contributed by atoms with Crippen LogP contribution >= 0.6 is 0 Å². The first-order chi connectivity index (χ1) is 20.4. The van der Waals surface area contributed by atoms with Crippen LogP contribution in [-0.4, -0.2) is 30.1 Å². The standard InChI is InChI=1S/C18H23N4.C17H21N4.Pt/c1-10(2)12-8-13(20-9-19-12)15-14-11-6-7-18(5,17(11,3)4)16(14)22-21-15;1-9(2)12-7-13(19-8-18-12)16-14-10-5-6-11(17(10,3)4)15(14)20-21-16;/h8-11H,6-7H2,1-5H3;7-11H,5-6H2,1-4H3;/q2*-1;+2. The maximum Gasteiger partial charge on any atom is 2.00 e. The summed E-state index contributed by atoms with van der Waals surface area (Å²) in [5.41, 5.74) is 11.9. The minimum absolute atomic E-state index is 0. The van der Waals surface area contributed by atoms with Gasteiger partial charge in [-0.3, -0.25) is 0 Å². The Kier molecular flexibility index (Phi) is 7.58. The number of nitrogens with zero attached hydrogens (tertiary/aromatic N) is 8. The van der Waals surface area contributed by atoms with E-state index in [2.05, 4.69) is 115 Å². The van der Waals surface area contributed by atoms with Crippen LogP contribution in [0.2, 0.25) is 0 Å². The van der Waals surface area contributed by atoms with Crippen LogP contribution in [0.1, 0.15) is 151 Å². The molecule has 0 saturated heterocycles. The molecule has 4 aromatic heterocycles. The number of hydrogen-bond donors (Lipinski definition) is 0. The molecule has 8 rings (SSSR count). The molecule has 0 spiro atoms. The molecule has 9 heteroatoms. The smallest absolute Gasteiger partial charge is 0.573 e. The maximum atomic E-state index is 4.59. The van der Waals surface area contributed by atoms with Crippen molar-refractivity contribution in [1.82, 2.24) is 40.3 Å². The summed E-state index contributed by atoms with van der Waals surface area (Å²) in [7, 11) is 0. The van der Waals surface area contributed by atoms with Gasteiger partial charge in [-0.25, -0.2) is 19.9 Å². The minimum Gasteiger partial charge on any atom is -0.573 e. The van der Waals surface area contributed by atoms with Crippen molar-refractivity contribution in [2.24, 2.45) is 10.8 Å². The van der Waals surface area contributed by atoms with Crippen molar-refractivity contribution in [2.75, 3.05) is 0 Å². The average Bonchev–Trinajstić information content (AvgIpc) is 3.78.